The molecule has 0 aliphatic carbocycles. The number of aryl methyl sites for hydroxylation is 1. The normalized spacial score (nSPS) is 23.1. The van der Waals surface area contributed by atoms with Gasteiger partial charge in [-0.2, -0.15) is 0 Å². The number of aromatic nitrogens is 1. The van der Waals surface area contributed by atoms with Crippen LogP contribution in [0.25, 0.3) is 0 Å². The molecule has 2 N–H and O–H groups in total. The van der Waals surface area contributed by atoms with Crippen LogP contribution in [0.5, 0.6) is 0 Å². The van der Waals surface area contributed by atoms with E-state index < -0.39 is 0 Å². The Hall–Kier alpha value is -0.160. The highest BCUT2D eigenvalue weighted by Crippen LogP contribution is 2.22. The van der Waals surface area contributed by atoms with Crippen LogP contribution in [-0.4, -0.2) is 29.0 Å². The Labute approximate surface area is 107 Å². The van der Waals surface area contributed by atoms with Crippen molar-refractivity contribution in [3.63, 3.8) is 0 Å². The molecule has 1 aromatic rings. The first-order valence-electron chi connectivity index (χ1n) is 5.54. The molecular formula is C11H20ClN3S. The van der Waals surface area contributed by atoms with Crippen molar-refractivity contribution in [1.29, 1.82) is 0 Å². The van der Waals surface area contributed by atoms with Gasteiger partial charge in [0.1, 0.15) is 0 Å². The largest absolute Gasteiger partial charge is 0.328 e. The van der Waals surface area contributed by atoms with Gasteiger partial charge in [-0.15, -0.1) is 23.7 Å². The van der Waals surface area contributed by atoms with E-state index in [1.54, 1.807) is 11.3 Å². The van der Waals surface area contributed by atoms with Crippen molar-refractivity contribution in [1.82, 2.24) is 9.88 Å². The Morgan fingerprint density at radius 3 is 2.94 bits per heavy atom. The summed E-state index contributed by atoms with van der Waals surface area (Å²) in [7, 11) is 0. The minimum Gasteiger partial charge on any atom is -0.328 e. The van der Waals surface area contributed by atoms with Crippen LogP contribution in [0.3, 0.4) is 0 Å². The van der Waals surface area contributed by atoms with Gasteiger partial charge in [0.2, 0.25) is 0 Å². The first-order chi connectivity index (χ1) is 7.15. The highest BCUT2D eigenvalue weighted by Gasteiger charge is 2.25. The predicted molar refractivity (Wildman–Crippen MR) is 71.1 cm³/mol. The average molecular weight is 262 g/mol. The Balaban J connectivity index is 0.00000128. The maximum atomic E-state index is 5.92. The molecule has 2 unspecified atom stereocenters. The lowest BCUT2D eigenvalue weighted by atomic mass is 10.0. The summed E-state index contributed by atoms with van der Waals surface area (Å²) < 4.78 is 0. The van der Waals surface area contributed by atoms with Crippen LogP contribution in [0.1, 0.15) is 23.2 Å². The molecule has 16 heavy (non-hydrogen) atoms. The fraction of sp³-hybridized carbons (Fsp3) is 0.727. The Morgan fingerprint density at radius 1 is 1.69 bits per heavy atom. The molecule has 0 aromatic carbocycles. The van der Waals surface area contributed by atoms with E-state index in [1.165, 1.54) is 17.8 Å². The van der Waals surface area contributed by atoms with Crippen molar-refractivity contribution < 1.29 is 0 Å². The van der Waals surface area contributed by atoms with Gasteiger partial charge < -0.3 is 5.73 Å². The molecule has 5 heteroatoms. The summed E-state index contributed by atoms with van der Waals surface area (Å²) in [5.74, 6) is 0.680. The van der Waals surface area contributed by atoms with Crippen molar-refractivity contribution in [3.8, 4) is 0 Å². The fourth-order valence-electron chi connectivity index (χ4n) is 2.13. The first kappa shape index (κ1) is 13.9. The topological polar surface area (TPSA) is 42.2 Å². The lowest BCUT2D eigenvalue weighted by molar-refractivity contribution is 0.311. The smallest absolute Gasteiger partial charge is 0.0897 e. The first-order valence-corrected chi connectivity index (χ1v) is 6.36. The van der Waals surface area contributed by atoms with E-state index in [9.17, 15) is 0 Å². The standard InChI is InChI=1S/C11H19N3S.ClH/c1-8(12)10-3-4-14(6-10)7-11-5-13-9(2)15-11;/h5,8,10H,3-4,6-7,12H2,1-2H3;1H. The monoisotopic (exact) mass is 261 g/mol. The van der Waals surface area contributed by atoms with E-state index in [0.29, 0.717) is 12.0 Å². The fourth-order valence-corrected chi connectivity index (χ4v) is 2.97. The van der Waals surface area contributed by atoms with E-state index in [2.05, 4.69) is 23.7 Å². The SMILES string of the molecule is Cc1ncc(CN2CCC(C(C)N)C2)s1.Cl. The summed E-state index contributed by atoms with van der Waals surface area (Å²) in [6.07, 6.45) is 3.24. The molecule has 0 spiro atoms. The van der Waals surface area contributed by atoms with Crippen molar-refractivity contribution in [2.75, 3.05) is 13.1 Å². The van der Waals surface area contributed by atoms with Crippen LogP contribution in [-0.2, 0) is 6.54 Å². The number of thiazole rings is 1. The molecule has 0 radical (unpaired) electrons. The number of nitrogens with zero attached hydrogens (tertiary/aromatic N) is 2. The molecule has 1 aliphatic heterocycles. The maximum absolute atomic E-state index is 5.92. The van der Waals surface area contributed by atoms with Crippen molar-refractivity contribution in [2.45, 2.75) is 32.9 Å². The van der Waals surface area contributed by atoms with Crippen molar-refractivity contribution in [3.05, 3.63) is 16.1 Å². The summed E-state index contributed by atoms with van der Waals surface area (Å²) in [4.78, 5) is 8.14. The van der Waals surface area contributed by atoms with Gasteiger partial charge in [0.25, 0.3) is 0 Å². The maximum Gasteiger partial charge on any atom is 0.0897 e. The number of hydrogen-bond donors (Lipinski definition) is 1. The number of likely N-dealkylation sites (tertiary alicyclic amines) is 1. The molecule has 2 rings (SSSR count). The second-order valence-corrected chi connectivity index (χ2v) is 5.81. The van der Waals surface area contributed by atoms with E-state index in [-0.39, 0.29) is 12.4 Å². The third-order valence-corrected chi connectivity index (χ3v) is 4.00. The second-order valence-electron chi connectivity index (χ2n) is 4.49. The van der Waals surface area contributed by atoms with Gasteiger partial charge in [-0.3, -0.25) is 4.90 Å². The molecule has 2 heterocycles. The molecule has 1 aromatic heterocycles. The van der Waals surface area contributed by atoms with E-state index >= 15 is 0 Å². The minimum atomic E-state index is 0. The van der Waals surface area contributed by atoms with Crippen LogP contribution in [0.4, 0.5) is 0 Å². The minimum absolute atomic E-state index is 0. The average Bonchev–Trinajstić information content (AvgIpc) is 2.76. The van der Waals surface area contributed by atoms with Crippen LogP contribution >= 0.6 is 23.7 Å². The zero-order chi connectivity index (χ0) is 10.8. The summed E-state index contributed by atoms with van der Waals surface area (Å²) >= 11 is 1.80. The highest BCUT2D eigenvalue weighted by atomic mass is 35.5. The van der Waals surface area contributed by atoms with Crippen molar-refractivity contribution in [2.24, 2.45) is 11.7 Å². The van der Waals surface area contributed by atoms with Gasteiger partial charge in [0.15, 0.2) is 0 Å². The number of rotatable bonds is 3. The Morgan fingerprint density at radius 2 is 2.44 bits per heavy atom. The Kier molecular flexibility index (Phi) is 5.18. The quantitative estimate of drug-likeness (QED) is 0.906. The molecule has 92 valence electrons. The molecule has 0 amide bonds. The van der Waals surface area contributed by atoms with Crippen LogP contribution < -0.4 is 5.73 Å². The zero-order valence-electron chi connectivity index (χ0n) is 9.85. The molecular weight excluding hydrogens is 242 g/mol. The Bertz CT molecular complexity index is 327. The summed E-state index contributed by atoms with van der Waals surface area (Å²) in [5, 5.41) is 1.16. The molecule has 1 aliphatic rings. The van der Waals surface area contributed by atoms with Gasteiger partial charge in [-0.25, -0.2) is 4.98 Å². The van der Waals surface area contributed by atoms with Gasteiger partial charge in [-0.05, 0) is 32.7 Å². The lowest BCUT2D eigenvalue weighted by Crippen LogP contribution is -2.29. The zero-order valence-corrected chi connectivity index (χ0v) is 11.5. The van der Waals surface area contributed by atoms with Gasteiger partial charge in [0, 0.05) is 30.2 Å². The lowest BCUT2D eigenvalue weighted by Gasteiger charge is -2.16. The molecule has 1 fully saturated rings. The van der Waals surface area contributed by atoms with E-state index in [0.717, 1.165) is 18.1 Å². The van der Waals surface area contributed by atoms with Crippen LogP contribution in [0.15, 0.2) is 6.20 Å². The van der Waals surface area contributed by atoms with E-state index in [1.807, 2.05) is 6.20 Å². The molecule has 3 nitrogen and oxygen atoms in total. The summed E-state index contributed by atoms with van der Waals surface area (Å²) in [6, 6.07) is 0.332. The molecule has 0 bridgehead atoms. The van der Waals surface area contributed by atoms with Gasteiger partial charge >= 0.3 is 0 Å². The summed E-state index contributed by atoms with van der Waals surface area (Å²) in [6.45, 7) is 7.56. The third-order valence-electron chi connectivity index (χ3n) is 3.10. The van der Waals surface area contributed by atoms with Crippen molar-refractivity contribution >= 4 is 23.7 Å². The molecule has 1 saturated heterocycles. The van der Waals surface area contributed by atoms with Crippen LogP contribution in [0.2, 0.25) is 0 Å². The number of halogens is 1. The molecule has 2 atom stereocenters. The summed E-state index contributed by atoms with van der Waals surface area (Å²) in [5.41, 5.74) is 5.92. The number of hydrogen-bond acceptors (Lipinski definition) is 4. The molecule has 0 saturated carbocycles. The van der Waals surface area contributed by atoms with Gasteiger partial charge in [0.05, 0.1) is 5.01 Å². The second kappa shape index (κ2) is 5.96. The third kappa shape index (κ3) is 3.42. The van der Waals surface area contributed by atoms with Crippen LogP contribution in [0, 0.1) is 12.8 Å². The highest BCUT2D eigenvalue weighted by molar-refractivity contribution is 7.11. The number of nitrogens with two attached hydrogens (primary N) is 1. The predicted octanol–water partition coefficient (Wildman–Crippen LogP) is 2.04. The van der Waals surface area contributed by atoms with Gasteiger partial charge in [-0.1, -0.05) is 0 Å². The van der Waals surface area contributed by atoms with E-state index in [4.69, 9.17) is 5.73 Å².